The Kier molecular flexibility index (Phi) is 4.04. The topological polar surface area (TPSA) is 39.9 Å². The Hall–Kier alpha value is -0.920. The van der Waals surface area contributed by atoms with Crippen molar-refractivity contribution in [3.8, 4) is 6.07 Å². The van der Waals surface area contributed by atoms with E-state index in [4.69, 9.17) is 10.2 Å². The maximum atomic E-state index is 8.69. The Morgan fingerprint density at radius 3 is 2.61 bits per heavy atom. The lowest BCUT2D eigenvalue weighted by molar-refractivity contribution is 0.234. The summed E-state index contributed by atoms with van der Waals surface area (Å²) < 4.78 is 0. The van der Waals surface area contributed by atoms with Crippen LogP contribution in [-0.2, 0) is 5.41 Å². The van der Waals surface area contributed by atoms with Gasteiger partial charge in [0.1, 0.15) is 0 Å². The fourth-order valence-electron chi connectivity index (χ4n) is 2.26. The summed E-state index contributed by atoms with van der Waals surface area (Å²) in [4.78, 5) is 7.04. The molecule has 2 rings (SSSR count). The van der Waals surface area contributed by atoms with Crippen LogP contribution in [0, 0.1) is 11.3 Å². The zero-order chi connectivity index (χ0) is 13.2. The van der Waals surface area contributed by atoms with Crippen LogP contribution in [0.15, 0.2) is 5.38 Å². The number of piperidine rings is 1. The molecule has 2 heterocycles. The summed E-state index contributed by atoms with van der Waals surface area (Å²) in [6.07, 6.45) is 2.28. The smallest absolute Gasteiger partial charge is 0.0960 e. The summed E-state index contributed by atoms with van der Waals surface area (Å²) in [5.41, 5.74) is 1.36. The average molecular weight is 263 g/mol. The van der Waals surface area contributed by atoms with Crippen molar-refractivity contribution in [2.75, 3.05) is 19.6 Å². The second-order valence-corrected chi connectivity index (χ2v) is 6.92. The van der Waals surface area contributed by atoms with Crippen LogP contribution in [0.4, 0.5) is 0 Å². The molecule has 4 heteroatoms. The van der Waals surface area contributed by atoms with Gasteiger partial charge in [-0.2, -0.15) is 5.26 Å². The molecular weight excluding hydrogens is 242 g/mol. The van der Waals surface area contributed by atoms with Gasteiger partial charge in [-0.15, -0.1) is 11.3 Å². The van der Waals surface area contributed by atoms with Gasteiger partial charge in [0.05, 0.1) is 23.3 Å². The normalized spacial score (nSPS) is 18.8. The molecule has 1 aromatic rings. The Labute approximate surface area is 113 Å². The lowest BCUT2D eigenvalue weighted by atomic mass is 9.93. The zero-order valence-electron chi connectivity index (χ0n) is 11.4. The van der Waals surface area contributed by atoms with E-state index in [9.17, 15) is 0 Å². The number of aromatic nitrogens is 1. The highest BCUT2D eigenvalue weighted by Gasteiger charge is 2.24. The van der Waals surface area contributed by atoms with Crippen molar-refractivity contribution in [3.05, 3.63) is 16.1 Å². The van der Waals surface area contributed by atoms with Crippen LogP contribution in [-0.4, -0.2) is 29.5 Å². The summed E-state index contributed by atoms with van der Waals surface area (Å²) >= 11 is 1.80. The molecule has 98 valence electrons. The number of hydrogen-bond acceptors (Lipinski definition) is 4. The highest BCUT2D eigenvalue weighted by molar-refractivity contribution is 7.09. The fourth-order valence-corrected chi connectivity index (χ4v) is 3.48. The number of thiazole rings is 1. The summed E-state index contributed by atoms with van der Waals surface area (Å²) in [5, 5.41) is 12.2. The molecular formula is C14H21N3S. The van der Waals surface area contributed by atoms with Gasteiger partial charge in [-0.25, -0.2) is 4.98 Å². The minimum Gasteiger partial charge on any atom is -0.291 e. The molecule has 1 aliphatic heterocycles. The molecule has 0 radical (unpaired) electrons. The third kappa shape index (κ3) is 3.09. The molecule has 0 unspecified atom stereocenters. The number of hydrogen-bond donors (Lipinski definition) is 0. The molecule has 0 amide bonds. The van der Waals surface area contributed by atoms with Gasteiger partial charge >= 0.3 is 0 Å². The molecule has 1 aliphatic rings. The largest absolute Gasteiger partial charge is 0.291 e. The predicted octanol–water partition coefficient (Wildman–Crippen LogP) is 3.14. The Balaban J connectivity index is 1.98. The minimum atomic E-state index is 0.149. The fraction of sp³-hybridized carbons (Fsp3) is 0.714. The van der Waals surface area contributed by atoms with Gasteiger partial charge in [0, 0.05) is 16.7 Å². The number of nitrogens with zero attached hydrogens (tertiary/aromatic N) is 3. The first-order chi connectivity index (χ1) is 8.50. The van der Waals surface area contributed by atoms with Crippen LogP contribution < -0.4 is 0 Å². The lowest BCUT2D eigenvalue weighted by Gasteiger charge is -2.29. The molecule has 0 N–H and O–H groups in total. The van der Waals surface area contributed by atoms with Crippen molar-refractivity contribution in [1.29, 1.82) is 5.26 Å². The van der Waals surface area contributed by atoms with E-state index in [1.165, 1.54) is 10.7 Å². The van der Waals surface area contributed by atoms with E-state index in [0.29, 0.717) is 12.5 Å². The summed E-state index contributed by atoms with van der Waals surface area (Å²) in [6, 6.07) is 2.23. The SMILES string of the molecule is CC(C)(C)c1csc(C2CCN(CC#N)CC2)n1. The number of likely N-dealkylation sites (tertiary alicyclic amines) is 1. The molecule has 1 saturated heterocycles. The van der Waals surface area contributed by atoms with Crippen LogP contribution in [0.1, 0.15) is 50.2 Å². The van der Waals surface area contributed by atoms with Crippen molar-refractivity contribution in [1.82, 2.24) is 9.88 Å². The van der Waals surface area contributed by atoms with Crippen molar-refractivity contribution >= 4 is 11.3 Å². The van der Waals surface area contributed by atoms with E-state index in [2.05, 4.69) is 37.1 Å². The molecule has 3 nitrogen and oxygen atoms in total. The second kappa shape index (κ2) is 5.38. The Bertz CT molecular complexity index is 431. The average Bonchev–Trinajstić information content (AvgIpc) is 2.79. The highest BCUT2D eigenvalue weighted by atomic mass is 32.1. The molecule has 0 spiro atoms. The van der Waals surface area contributed by atoms with Gasteiger partial charge in [0.2, 0.25) is 0 Å². The third-order valence-corrected chi connectivity index (χ3v) is 4.53. The van der Waals surface area contributed by atoms with Crippen molar-refractivity contribution in [2.45, 2.75) is 44.9 Å². The van der Waals surface area contributed by atoms with E-state index >= 15 is 0 Å². The van der Waals surface area contributed by atoms with Crippen molar-refractivity contribution in [3.63, 3.8) is 0 Å². The molecule has 0 bridgehead atoms. The molecule has 1 fully saturated rings. The molecule has 1 aromatic heterocycles. The van der Waals surface area contributed by atoms with Crippen LogP contribution in [0.5, 0.6) is 0 Å². The summed E-state index contributed by atoms with van der Waals surface area (Å²) in [5.74, 6) is 0.598. The van der Waals surface area contributed by atoms with Crippen LogP contribution >= 0.6 is 11.3 Å². The van der Waals surface area contributed by atoms with E-state index in [1.807, 2.05) is 0 Å². The minimum absolute atomic E-state index is 0.149. The van der Waals surface area contributed by atoms with Crippen molar-refractivity contribution in [2.24, 2.45) is 0 Å². The van der Waals surface area contributed by atoms with Gasteiger partial charge < -0.3 is 0 Å². The maximum Gasteiger partial charge on any atom is 0.0960 e. The molecule has 0 aromatic carbocycles. The van der Waals surface area contributed by atoms with Gasteiger partial charge in [0.15, 0.2) is 0 Å². The van der Waals surface area contributed by atoms with E-state index in [-0.39, 0.29) is 5.41 Å². The first kappa shape index (κ1) is 13.5. The summed E-state index contributed by atoms with van der Waals surface area (Å²) in [7, 11) is 0. The molecule has 18 heavy (non-hydrogen) atoms. The van der Waals surface area contributed by atoms with Crippen LogP contribution in [0.25, 0.3) is 0 Å². The lowest BCUT2D eigenvalue weighted by Crippen LogP contribution is -2.33. The maximum absolute atomic E-state index is 8.69. The first-order valence-electron chi connectivity index (χ1n) is 6.56. The second-order valence-electron chi connectivity index (χ2n) is 6.03. The standard InChI is InChI=1S/C14H21N3S/c1-14(2,3)12-10-18-13(16-12)11-4-7-17(8-5-11)9-6-15/h10-11H,4-5,7-9H2,1-3H3. The van der Waals surface area contributed by atoms with Gasteiger partial charge in [-0.05, 0) is 25.9 Å². The zero-order valence-corrected chi connectivity index (χ0v) is 12.3. The van der Waals surface area contributed by atoms with Crippen LogP contribution in [0.3, 0.4) is 0 Å². The van der Waals surface area contributed by atoms with Gasteiger partial charge in [0.25, 0.3) is 0 Å². The molecule has 0 saturated carbocycles. The van der Waals surface area contributed by atoms with Gasteiger partial charge in [-0.1, -0.05) is 20.8 Å². The third-order valence-electron chi connectivity index (χ3n) is 3.52. The van der Waals surface area contributed by atoms with Gasteiger partial charge in [-0.3, -0.25) is 4.90 Å². The number of rotatable bonds is 2. The Morgan fingerprint density at radius 1 is 1.44 bits per heavy atom. The van der Waals surface area contributed by atoms with Crippen molar-refractivity contribution < 1.29 is 0 Å². The summed E-state index contributed by atoms with van der Waals surface area (Å²) in [6.45, 7) is 9.26. The highest BCUT2D eigenvalue weighted by Crippen LogP contribution is 2.33. The van der Waals surface area contributed by atoms with Crippen LogP contribution in [0.2, 0.25) is 0 Å². The first-order valence-corrected chi connectivity index (χ1v) is 7.44. The molecule has 0 aliphatic carbocycles. The van der Waals surface area contributed by atoms with E-state index in [1.54, 1.807) is 11.3 Å². The molecule has 0 atom stereocenters. The quantitative estimate of drug-likeness (QED) is 0.770. The monoisotopic (exact) mass is 263 g/mol. The van der Waals surface area contributed by atoms with E-state index in [0.717, 1.165) is 25.9 Å². The van der Waals surface area contributed by atoms with E-state index < -0.39 is 0 Å². The Morgan fingerprint density at radius 2 is 2.11 bits per heavy atom. The predicted molar refractivity (Wildman–Crippen MR) is 74.8 cm³/mol. The number of nitriles is 1.